The number of furan rings is 2. The molecule has 0 bridgehead atoms. The van der Waals surface area contributed by atoms with Crippen molar-refractivity contribution in [3.8, 4) is 90.5 Å². The number of hydrogen-bond donors (Lipinski definition) is 0. The number of methoxy groups -OCH3 is 8. The summed E-state index contributed by atoms with van der Waals surface area (Å²) in [4.78, 5) is 0. The van der Waals surface area contributed by atoms with Crippen LogP contribution in [0.3, 0.4) is 0 Å². The zero-order valence-electron chi connectivity index (χ0n) is 70.4. The van der Waals surface area contributed by atoms with Crippen molar-refractivity contribution in [1.82, 2.24) is 18.3 Å². The molecule has 0 aliphatic rings. The number of benzene rings is 16. The molecular weight excluding hydrogens is 1580 g/mol. The fraction of sp³-hybridized carbons (Fsp3) is 0.111. The maximum atomic E-state index is 6.33. The number of ether oxygens (including phenoxy) is 8. The topological polar surface area (TPSA) is 120 Å². The number of aromatic nitrogens is 4. The third-order valence-corrected chi connectivity index (χ3v) is 27.3. The standard InChI is InChI=1S/2C28H24N2O2.C26H18O4.C26H18O2S2/c1-29-21-11-7-5-9-17(21)19-13-15-23(31-3)25(27(19)29)26-24(32-4)16-14-20-18-10-6-8-12-22(18)30(2)28(20)26;1-29-19-11-7-5-9-17(19)25-21(29)13-15-23(31-3)27(25)28-24(32-4)16-14-22-26(28)18-10-6-8-12-20(18)30(22)2;1-27-21-13-11-17-15-7-3-5-9-19(15)29-25(17)23(21)24-22(28-2)14-12-18-16-8-4-6-10-20(16)30-26(18)24;1-27-19-13-11-17-15-7-3-5-9-21(15)29-25(17)23(19)24-20(28-2)14-12-18-16-8-4-6-10-22(16)30-26(18)24/h2*5-16H,1-4H3;2*3-14H,1-2H3. The number of nitrogens with zero attached hydrogens (tertiary/aromatic N) is 4. The van der Waals surface area contributed by atoms with Crippen LogP contribution >= 0.6 is 22.7 Å². The van der Waals surface area contributed by atoms with Gasteiger partial charge in [0.15, 0.2) is 0 Å². The predicted molar refractivity (Wildman–Crippen MR) is 516 cm³/mol. The molecule has 0 amide bonds. The van der Waals surface area contributed by atoms with Crippen molar-refractivity contribution in [1.29, 1.82) is 0 Å². The maximum absolute atomic E-state index is 6.33. The molecule has 0 aliphatic carbocycles. The number of aryl methyl sites for hydroxylation is 4. The minimum atomic E-state index is 0.702. The van der Waals surface area contributed by atoms with E-state index < -0.39 is 0 Å². The smallest absolute Gasteiger partial charge is 0.147 e. The van der Waals surface area contributed by atoms with Gasteiger partial charge in [-0.05, 0) is 146 Å². The summed E-state index contributed by atoms with van der Waals surface area (Å²) in [7, 11) is 22.3. The van der Waals surface area contributed by atoms with E-state index in [-0.39, 0.29) is 0 Å². The molecule has 16 heteroatoms. The Labute approximate surface area is 721 Å². The third kappa shape index (κ3) is 11.7. The molecule has 0 saturated carbocycles. The summed E-state index contributed by atoms with van der Waals surface area (Å²) in [5.74, 6) is 6.49. The molecular formula is C108H84N4O10S2. The van der Waals surface area contributed by atoms with Gasteiger partial charge in [0.05, 0.1) is 90.2 Å². The molecule has 0 atom stereocenters. The Hall–Kier alpha value is -14.8. The molecule has 0 radical (unpaired) electrons. The number of hydrogen-bond acceptors (Lipinski definition) is 12. The van der Waals surface area contributed by atoms with E-state index in [1.165, 1.54) is 117 Å². The van der Waals surface area contributed by atoms with Crippen LogP contribution in [0, 0.1) is 0 Å². The number of fused-ring (bicyclic) bond motifs is 24. The van der Waals surface area contributed by atoms with E-state index in [1.807, 2.05) is 83.3 Å². The van der Waals surface area contributed by atoms with Gasteiger partial charge in [0.1, 0.15) is 68.3 Å². The van der Waals surface area contributed by atoms with E-state index in [4.69, 9.17) is 46.7 Å². The van der Waals surface area contributed by atoms with Crippen LogP contribution in [-0.2, 0) is 28.2 Å². The summed E-state index contributed by atoms with van der Waals surface area (Å²) in [5.41, 5.74) is 20.7. The van der Waals surface area contributed by atoms with Crippen LogP contribution in [0.2, 0.25) is 0 Å². The molecule has 8 aromatic heterocycles. The first-order valence-corrected chi connectivity index (χ1v) is 42.6. The van der Waals surface area contributed by atoms with Crippen molar-refractivity contribution < 1.29 is 46.7 Å². The average molecular weight is 1660 g/mol. The van der Waals surface area contributed by atoms with Crippen LogP contribution in [0.15, 0.2) is 300 Å². The van der Waals surface area contributed by atoms with Gasteiger partial charge in [-0.1, -0.05) is 146 Å². The predicted octanol–water partition coefficient (Wildman–Crippen LogP) is 28.6. The lowest BCUT2D eigenvalue weighted by Gasteiger charge is -2.17. The van der Waals surface area contributed by atoms with E-state index in [2.05, 4.69) is 277 Å². The zero-order valence-corrected chi connectivity index (χ0v) is 72.0. The molecule has 0 unspecified atom stereocenters. The van der Waals surface area contributed by atoms with Crippen LogP contribution in [0.1, 0.15) is 0 Å². The van der Waals surface area contributed by atoms with Crippen LogP contribution < -0.4 is 37.9 Å². The summed E-state index contributed by atoms with van der Waals surface area (Å²) < 4.78 is 73.8. The van der Waals surface area contributed by atoms with Crippen molar-refractivity contribution in [3.63, 3.8) is 0 Å². The highest BCUT2D eigenvalue weighted by Crippen LogP contribution is 2.56. The molecule has 16 aromatic carbocycles. The highest BCUT2D eigenvalue weighted by molar-refractivity contribution is 7.27. The average Bonchev–Trinajstić information content (AvgIpc) is 1.55. The summed E-state index contributed by atoms with van der Waals surface area (Å²) >= 11 is 3.63. The first kappa shape index (κ1) is 76.5. The number of rotatable bonds is 12. The molecule has 8 heterocycles. The molecule has 608 valence electrons. The van der Waals surface area contributed by atoms with Crippen LogP contribution in [0.5, 0.6) is 46.0 Å². The SMILES string of the molecule is COc1ccc2c(c1-c1c(OC)ccc3c1c1ccccc1n3C)c1ccccc1n2C.COc1ccc2c(oc3ccccc32)c1-c1c(OC)ccc2c1oc1ccccc12.COc1ccc2c(sc3ccccc32)c1-c1c(OC)ccc2c1sc1ccccc12.COc1ccc2c3ccccc3n(C)c2c1-c1c(OC)ccc2c3ccccc3n(C)c12. The first-order valence-electron chi connectivity index (χ1n) is 41.0. The Balaban J connectivity index is 0.000000101. The second-order valence-electron chi connectivity index (χ2n) is 30.9. The Kier molecular flexibility index (Phi) is 18.9. The Bertz CT molecular complexity index is 7720. The van der Waals surface area contributed by atoms with Gasteiger partial charge in [0, 0.05) is 189 Å². The second kappa shape index (κ2) is 30.7. The van der Waals surface area contributed by atoms with Crippen molar-refractivity contribution in [2.45, 2.75) is 0 Å². The van der Waals surface area contributed by atoms with Gasteiger partial charge in [-0.2, -0.15) is 0 Å². The van der Waals surface area contributed by atoms with E-state index in [0.29, 0.717) is 11.5 Å². The van der Waals surface area contributed by atoms with E-state index in [1.54, 1.807) is 56.9 Å². The Morgan fingerprint density at radius 3 is 0.831 bits per heavy atom. The number of para-hydroxylation sites is 6. The Morgan fingerprint density at radius 2 is 0.468 bits per heavy atom. The lowest BCUT2D eigenvalue weighted by molar-refractivity contribution is 0.410. The van der Waals surface area contributed by atoms with E-state index >= 15 is 0 Å². The van der Waals surface area contributed by atoms with Gasteiger partial charge < -0.3 is 65.0 Å². The normalized spacial score (nSPS) is 11.7. The van der Waals surface area contributed by atoms with Gasteiger partial charge in [-0.3, -0.25) is 0 Å². The molecule has 0 spiro atoms. The van der Waals surface area contributed by atoms with Gasteiger partial charge in [-0.15, -0.1) is 22.7 Å². The van der Waals surface area contributed by atoms with Crippen molar-refractivity contribution in [3.05, 3.63) is 291 Å². The summed E-state index contributed by atoms with van der Waals surface area (Å²) in [5, 5.41) is 18.9. The van der Waals surface area contributed by atoms with Crippen LogP contribution in [0.4, 0.5) is 0 Å². The zero-order chi connectivity index (χ0) is 84.4. The minimum absolute atomic E-state index is 0.702. The quantitative estimate of drug-likeness (QED) is 0.117. The monoisotopic (exact) mass is 1660 g/mol. The van der Waals surface area contributed by atoms with Crippen LogP contribution in [0.25, 0.3) is 216 Å². The van der Waals surface area contributed by atoms with E-state index in [9.17, 15) is 0 Å². The molecule has 0 saturated heterocycles. The fourth-order valence-corrected chi connectivity index (χ4v) is 21.8. The third-order valence-electron chi connectivity index (χ3n) is 24.9. The van der Waals surface area contributed by atoms with E-state index in [0.717, 1.165) is 134 Å². The Morgan fingerprint density at radius 1 is 0.202 bits per heavy atom. The maximum Gasteiger partial charge on any atom is 0.147 e. The van der Waals surface area contributed by atoms with Gasteiger partial charge >= 0.3 is 0 Å². The highest BCUT2D eigenvalue weighted by Gasteiger charge is 2.31. The molecule has 124 heavy (non-hydrogen) atoms. The summed E-state index contributed by atoms with van der Waals surface area (Å²) in [6, 6.07) is 101. The molecule has 14 nitrogen and oxygen atoms in total. The van der Waals surface area contributed by atoms with Gasteiger partial charge in [0.2, 0.25) is 0 Å². The minimum Gasteiger partial charge on any atom is -0.496 e. The fourth-order valence-electron chi connectivity index (χ4n) is 19.3. The lowest BCUT2D eigenvalue weighted by Crippen LogP contribution is -1.99. The molecule has 24 rings (SSSR count). The van der Waals surface area contributed by atoms with Gasteiger partial charge in [0.25, 0.3) is 0 Å². The lowest BCUT2D eigenvalue weighted by atomic mass is 9.93. The van der Waals surface area contributed by atoms with Gasteiger partial charge in [-0.25, -0.2) is 0 Å². The van der Waals surface area contributed by atoms with Crippen molar-refractivity contribution >= 4 is 194 Å². The second-order valence-corrected chi connectivity index (χ2v) is 33.0. The largest absolute Gasteiger partial charge is 0.496 e. The molecule has 0 N–H and O–H groups in total. The first-order chi connectivity index (χ1) is 60.9. The summed E-state index contributed by atoms with van der Waals surface area (Å²) in [6.45, 7) is 0. The molecule has 24 aromatic rings. The molecule has 0 aliphatic heterocycles. The highest BCUT2D eigenvalue weighted by atomic mass is 32.1. The number of thiophene rings is 2. The molecule has 0 fully saturated rings. The van der Waals surface area contributed by atoms with Crippen molar-refractivity contribution in [2.24, 2.45) is 28.2 Å². The van der Waals surface area contributed by atoms with Crippen molar-refractivity contribution in [2.75, 3.05) is 56.9 Å². The summed E-state index contributed by atoms with van der Waals surface area (Å²) in [6.07, 6.45) is 0. The van der Waals surface area contributed by atoms with Crippen LogP contribution in [-0.4, -0.2) is 75.1 Å².